The summed E-state index contributed by atoms with van der Waals surface area (Å²) in [7, 11) is 0. The average Bonchev–Trinajstić information content (AvgIpc) is 2.59. The number of nitrogens with one attached hydrogen (secondary N) is 2. The third kappa shape index (κ3) is 5.31. The molecule has 2 aromatic rings. The molecular weight excluding hydrogens is 361 g/mol. The van der Waals surface area contributed by atoms with Crippen LogP contribution in [0.1, 0.15) is 29.8 Å². The Kier molecular flexibility index (Phi) is 6.56. The Morgan fingerprint density at radius 2 is 1.76 bits per heavy atom. The summed E-state index contributed by atoms with van der Waals surface area (Å²) in [5, 5.41) is 7.41. The van der Waals surface area contributed by atoms with Crippen LogP contribution in [0.25, 0.3) is 0 Å². The number of hydrogen-bond donors (Lipinski definition) is 2. The van der Waals surface area contributed by atoms with Crippen molar-refractivity contribution >= 4 is 46.9 Å². The van der Waals surface area contributed by atoms with Gasteiger partial charge in [-0.2, -0.15) is 5.10 Å². The lowest BCUT2D eigenvalue weighted by molar-refractivity contribution is -0.118. The maximum absolute atomic E-state index is 12.1. The Morgan fingerprint density at radius 1 is 1.08 bits per heavy atom. The van der Waals surface area contributed by atoms with E-state index in [1.807, 2.05) is 0 Å². The summed E-state index contributed by atoms with van der Waals surface area (Å²) < 4.78 is 0. The normalized spacial score (nSPS) is 10.9. The van der Waals surface area contributed by atoms with Gasteiger partial charge in [0, 0.05) is 22.7 Å². The Morgan fingerprint density at radius 3 is 2.40 bits per heavy atom. The second-order valence-electron chi connectivity index (χ2n) is 5.56. The average molecular weight is 378 g/mol. The van der Waals surface area contributed by atoms with Gasteiger partial charge in [0.25, 0.3) is 5.91 Å². The van der Waals surface area contributed by atoms with Crippen molar-refractivity contribution < 1.29 is 9.59 Å². The first-order valence-electron chi connectivity index (χ1n) is 7.57. The van der Waals surface area contributed by atoms with E-state index in [2.05, 4.69) is 15.8 Å². The minimum atomic E-state index is -0.379. The minimum Gasteiger partial charge on any atom is -0.326 e. The number of benzene rings is 2. The Bertz CT molecular complexity index is 802. The Hall–Kier alpha value is -2.37. The molecule has 0 atom stereocenters. The molecule has 0 unspecified atom stereocenters. The quantitative estimate of drug-likeness (QED) is 0.600. The molecule has 2 N–H and O–H groups in total. The zero-order valence-electron chi connectivity index (χ0n) is 13.7. The van der Waals surface area contributed by atoms with Crippen LogP contribution in [-0.2, 0) is 4.79 Å². The fraction of sp³-hybridized carbons (Fsp3) is 0.167. The van der Waals surface area contributed by atoms with Crippen molar-refractivity contribution in [2.24, 2.45) is 11.0 Å². The van der Waals surface area contributed by atoms with E-state index in [1.165, 1.54) is 6.21 Å². The van der Waals surface area contributed by atoms with Gasteiger partial charge in [-0.25, -0.2) is 5.43 Å². The number of amides is 2. The Labute approximate surface area is 156 Å². The van der Waals surface area contributed by atoms with Gasteiger partial charge in [-0.05, 0) is 30.3 Å². The highest BCUT2D eigenvalue weighted by molar-refractivity contribution is 6.43. The van der Waals surface area contributed by atoms with Crippen LogP contribution in [0.5, 0.6) is 0 Å². The number of carbonyl (C=O) groups is 2. The molecule has 0 radical (unpaired) electrons. The third-order valence-electron chi connectivity index (χ3n) is 3.29. The van der Waals surface area contributed by atoms with Crippen LogP contribution in [0.15, 0.2) is 47.6 Å². The van der Waals surface area contributed by atoms with Crippen molar-refractivity contribution in [1.29, 1.82) is 0 Å². The molecule has 0 heterocycles. The van der Waals surface area contributed by atoms with Crippen LogP contribution in [-0.4, -0.2) is 18.0 Å². The molecule has 7 heteroatoms. The Balaban J connectivity index is 1.98. The highest BCUT2D eigenvalue weighted by Gasteiger charge is 2.08. The molecule has 0 saturated carbocycles. The monoisotopic (exact) mass is 377 g/mol. The molecule has 0 aliphatic carbocycles. The van der Waals surface area contributed by atoms with Gasteiger partial charge in [0.1, 0.15) is 0 Å². The van der Waals surface area contributed by atoms with Crippen molar-refractivity contribution in [2.45, 2.75) is 13.8 Å². The van der Waals surface area contributed by atoms with Crippen LogP contribution in [0.4, 0.5) is 5.69 Å². The number of rotatable bonds is 5. The third-order valence-corrected chi connectivity index (χ3v) is 4.12. The highest BCUT2D eigenvalue weighted by Crippen LogP contribution is 2.24. The largest absolute Gasteiger partial charge is 0.326 e. The maximum atomic E-state index is 12.1. The van der Waals surface area contributed by atoms with Crippen LogP contribution >= 0.6 is 23.2 Å². The van der Waals surface area contributed by atoms with Crippen LogP contribution in [0, 0.1) is 5.92 Å². The summed E-state index contributed by atoms with van der Waals surface area (Å²) in [6.07, 6.45) is 1.42. The number of anilines is 1. The van der Waals surface area contributed by atoms with Gasteiger partial charge in [-0.15, -0.1) is 0 Å². The van der Waals surface area contributed by atoms with E-state index >= 15 is 0 Å². The summed E-state index contributed by atoms with van der Waals surface area (Å²) in [4.78, 5) is 23.7. The van der Waals surface area contributed by atoms with Crippen molar-refractivity contribution in [2.75, 3.05) is 5.32 Å². The molecule has 0 aromatic heterocycles. The van der Waals surface area contributed by atoms with E-state index < -0.39 is 0 Å². The lowest BCUT2D eigenvalue weighted by Crippen LogP contribution is -2.19. The molecule has 130 valence electrons. The first kappa shape index (κ1) is 19.0. The molecule has 0 saturated heterocycles. The van der Waals surface area contributed by atoms with Gasteiger partial charge < -0.3 is 5.32 Å². The SMILES string of the molecule is CC(C)C(=O)Nc1ccc(C(=O)NN=Cc2cccc(Cl)c2Cl)cc1. The summed E-state index contributed by atoms with van der Waals surface area (Å²) >= 11 is 11.9. The molecular formula is C18H17Cl2N3O2. The molecule has 0 fully saturated rings. The van der Waals surface area contributed by atoms with E-state index in [9.17, 15) is 9.59 Å². The van der Waals surface area contributed by atoms with Gasteiger partial charge in [-0.1, -0.05) is 49.2 Å². The lowest BCUT2D eigenvalue weighted by Gasteiger charge is -2.08. The second kappa shape index (κ2) is 8.65. The predicted octanol–water partition coefficient (Wildman–Crippen LogP) is 4.35. The molecule has 5 nitrogen and oxygen atoms in total. The number of carbonyl (C=O) groups excluding carboxylic acids is 2. The van der Waals surface area contributed by atoms with Crippen LogP contribution in [0.3, 0.4) is 0 Å². The zero-order chi connectivity index (χ0) is 18.4. The van der Waals surface area contributed by atoms with E-state index in [0.29, 0.717) is 26.9 Å². The number of hydrogen-bond acceptors (Lipinski definition) is 3. The molecule has 2 amide bonds. The minimum absolute atomic E-state index is 0.0831. The first-order chi connectivity index (χ1) is 11.9. The van der Waals surface area contributed by atoms with Gasteiger partial charge in [0.05, 0.1) is 16.3 Å². The van der Waals surface area contributed by atoms with Crippen LogP contribution < -0.4 is 10.7 Å². The number of nitrogens with zero attached hydrogens (tertiary/aromatic N) is 1. The predicted molar refractivity (Wildman–Crippen MR) is 101 cm³/mol. The van der Waals surface area contributed by atoms with Gasteiger partial charge >= 0.3 is 0 Å². The van der Waals surface area contributed by atoms with Gasteiger partial charge in [0.2, 0.25) is 5.91 Å². The van der Waals surface area contributed by atoms with Gasteiger partial charge in [-0.3, -0.25) is 9.59 Å². The van der Waals surface area contributed by atoms with E-state index in [-0.39, 0.29) is 17.7 Å². The summed E-state index contributed by atoms with van der Waals surface area (Å²) in [5.41, 5.74) is 4.06. The topological polar surface area (TPSA) is 70.6 Å². The first-order valence-corrected chi connectivity index (χ1v) is 8.32. The summed E-state index contributed by atoms with van der Waals surface area (Å²) in [5.74, 6) is -0.577. The van der Waals surface area contributed by atoms with E-state index in [1.54, 1.807) is 56.3 Å². The molecule has 2 aromatic carbocycles. The molecule has 25 heavy (non-hydrogen) atoms. The summed E-state index contributed by atoms with van der Waals surface area (Å²) in [6, 6.07) is 11.7. The second-order valence-corrected chi connectivity index (χ2v) is 6.35. The van der Waals surface area contributed by atoms with Crippen molar-refractivity contribution in [1.82, 2.24) is 5.43 Å². The maximum Gasteiger partial charge on any atom is 0.271 e. The number of halogens is 2. The smallest absolute Gasteiger partial charge is 0.271 e. The molecule has 0 spiro atoms. The van der Waals surface area contributed by atoms with Crippen molar-refractivity contribution in [3.8, 4) is 0 Å². The molecule has 0 bridgehead atoms. The lowest BCUT2D eigenvalue weighted by atomic mass is 10.1. The summed E-state index contributed by atoms with van der Waals surface area (Å²) in [6.45, 7) is 3.61. The number of hydrazone groups is 1. The van der Waals surface area contributed by atoms with E-state index in [0.717, 1.165) is 0 Å². The van der Waals surface area contributed by atoms with E-state index in [4.69, 9.17) is 23.2 Å². The molecule has 0 aliphatic heterocycles. The fourth-order valence-electron chi connectivity index (χ4n) is 1.84. The standard InChI is InChI=1S/C18H17Cl2N3O2/c1-11(2)17(24)22-14-8-6-12(7-9-14)18(25)23-21-10-13-4-3-5-15(19)16(13)20/h3-11H,1-2H3,(H,22,24)(H,23,25). The van der Waals surface area contributed by atoms with Crippen LogP contribution in [0.2, 0.25) is 10.0 Å². The molecule has 0 aliphatic rings. The van der Waals surface area contributed by atoms with Crippen molar-refractivity contribution in [3.05, 3.63) is 63.6 Å². The fourth-order valence-corrected chi connectivity index (χ4v) is 2.19. The molecule has 2 rings (SSSR count). The zero-order valence-corrected chi connectivity index (χ0v) is 15.2. The van der Waals surface area contributed by atoms with Gasteiger partial charge in [0.15, 0.2) is 0 Å². The highest BCUT2D eigenvalue weighted by atomic mass is 35.5. The van der Waals surface area contributed by atoms with Crippen molar-refractivity contribution in [3.63, 3.8) is 0 Å².